The Morgan fingerprint density at radius 1 is 1.15 bits per heavy atom. The predicted octanol–water partition coefficient (Wildman–Crippen LogP) is -0.769. The van der Waals surface area contributed by atoms with Gasteiger partial charge in [0.1, 0.15) is 0 Å². The van der Waals surface area contributed by atoms with E-state index in [1.54, 1.807) is 0 Å². The van der Waals surface area contributed by atoms with Gasteiger partial charge in [-0.25, -0.2) is 0 Å². The summed E-state index contributed by atoms with van der Waals surface area (Å²) in [6.45, 7) is 1.96. The summed E-state index contributed by atoms with van der Waals surface area (Å²) >= 11 is 0. The molecule has 0 aromatic rings. The summed E-state index contributed by atoms with van der Waals surface area (Å²) in [6, 6.07) is -0.427. The molecule has 4 atom stereocenters. The molecular formula is C9H19NO3. The first-order valence-corrected chi connectivity index (χ1v) is 4.93. The van der Waals surface area contributed by atoms with E-state index in [1.807, 2.05) is 0 Å². The molecule has 0 radical (unpaired) electrons. The van der Waals surface area contributed by atoms with Crippen LogP contribution in [0.3, 0.4) is 0 Å². The highest BCUT2D eigenvalue weighted by atomic mass is 16.3. The van der Waals surface area contributed by atoms with Crippen molar-refractivity contribution in [1.82, 2.24) is 5.32 Å². The Morgan fingerprint density at radius 3 is 2.23 bits per heavy atom. The smallest absolute Gasteiger partial charge is 0.0989 e. The van der Waals surface area contributed by atoms with Crippen molar-refractivity contribution in [2.45, 2.75) is 50.5 Å². The van der Waals surface area contributed by atoms with Gasteiger partial charge >= 0.3 is 0 Å². The second-order valence-corrected chi connectivity index (χ2v) is 3.69. The first kappa shape index (κ1) is 10.9. The lowest BCUT2D eigenvalue weighted by molar-refractivity contribution is 0.0186. The van der Waals surface area contributed by atoms with Crippen molar-refractivity contribution in [3.8, 4) is 0 Å². The molecule has 1 aliphatic rings. The van der Waals surface area contributed by atoms with Gasteiger partial charge in [-0.1, -0.05) is 19.8 Å². The molecule has 0 spiro atoms. The highest BCUT2D eigenvalue weighted by Crippen LogP contribution is 2.18. The molecule has 0 saturated carbocycles. The van der Waals surface area contributed by atoms with E-state index in [2.05, 4.69) is 12.2 Å². The van der Waals surface area contributed by atoms with E-state index in [1.165, 1.54) is 0 Å². The number of unbranched alkanes of at least 4 members (excludes halogenated alkanes) is 1. The Balaban J connectivity index is 2.40. The topological polar surface area (TPSA) is 72.7 Å². The van der Waals surface area contributed by atoms with Gasteiger partial charge in [0.05, 0.1) is 24.9 Å². The fourth-order valence-corrected chi connectivity index (χ4v) is 1.79. The Hall–Kier alpha value is -0.160. The third-order valence-corrected chi connectivity index (χ3v) is 2.67. The zero-order valence-corrected chi connectivity index (χ0v) is 7.98. The van der Waals surface area contributed by atoms with Gasteiger partial charge in [0, 0.05) is 6.04 Å². The molecule has 4 N–H and O–H groups in total. The lowest BCUT2D eigenvalue weighted by atomic mass is 10.0. The Bertz CT molecular complexity index is 154. The molecule has 4 nitrogen and oxygen atoms in total. The van der Waals surface area contributed by atoms with Crippen LogP contribution in [0.2, 0.25) is 0 Å². The Morgan fingerprint density at radius 2 is 1.77 bits per heavy atom. The van der Waals surface area contributed by atoms with Gasteiger partial charge in [0.15, 0.2) is 0 Å². The van der Waals surface area contributed by atoms with Crippen LogP contribution in [-0.4, -0.2) is 46.2 Å². The van der Waals surface area contributed by atoms with Gasteiger partial charge in [-0.3, -0.25) is 0 Å². The van der Waals surface area contributed by atoms with Gasteiger partial charge in [-0.05, 0) is 6.42 Å². The van der Waals surface area contributed by atoms with Crippen LogP contribution in [0.4, 0.5) is 0 Å². The molecule has 0 amide bonds. The van der Waals surface area contributed by atoms with Crippen LogP contribution in [0, 0.1) is 0 Å². The van der Waals surface area contributed by atoms with Gasteiger partial charge in [-0.15, -0.1) is 0 Å². The third kappa shape index (κ3) is 2.40. The molecule has 1 heterocycles. The number of aliphatic hydroxyl groups excluding tert-OH is 3. The van der Waals surface area contributed by atoms with E-state index >= 15 is 0 Å². The summed E-state index contributed by atoms with van der Waals surface area (Å²) in [5.41, 5.74) is 0. The van der Waals surface area contributed by atoms with Crippen LogP contribution < -0.4 is 5.32 Å². The largest absolute Gasteiger partial charge is 0.395 e. The zero-order valence-electron chi connectivity index (χ0n) is 7.98. The maximum Gasteiger partial charge on any atom is 0.0989 e. The molecule has 0 aliphatic carbocycles. The molecule has 0 aromatic heterocycles. The van der Waals surface area contributed by atoms with Crippen molar-refractivity contribution < 1.29 is 15.3 Å². The van der Waals surface area contributed by atoms with Crippen molar-refractivity contribution in [2.75, 3.05) is 6.61 Å². The number of hydrogen-bond acceptors (Lipinski definition) is 4. The van der Waals surface area contributed by atoms with E-state index in [4.69, 9.17) is 5.11 Å². The van der Waals surface area contributed by atoms with Crippen LogP contribution >= 0.6 is 0 Å². The second-order valence-electron chi connectivity index (χ2n) is 3.69. The molecule has 0 unspecified atom stereocenters. The highest BCUT2D eigenvalue weighted by Gasteiger charge is 2.39. The van der Waals surface area contributed by atoms with E-state index in [9.17, 15) is 10.2 Å². The van der Waals surface area contributed by atoms with Crippen molar-refractivity contribution in [1.29, 1.82) is 0 Å². The minimum absolute atomic E-state index is 0.0629. The lowest BCUT2D eigenvalue weighted by Crippen LogP contribution is -2.36. The molecule has 0 aromatic carbocycles. The Kier molecular flexibility index (Phi) is 4.12. The number of hydrogen-bond donors (Lipinski definition) is 4. The molecule has 0 bridgehead atoms. The minimum Gasteiger partial charge on any atom is -0.395 e. The van der Waals surface area contributed by atoms with Gasteiger partial charge < -0.3 is 20.6 Å². The second kappa shape index (κ2) is 4.91. The maximum atomic E-state index is 9.56. The van der Waals surface area contributed by atoms with Crippen LogP contribution in [0.1, 0.15) is 26.2 Å². The molecule has 1 saturated heterocycles. The van der Waals surface area contributed by atoms with Gasteiger partial charge in [-0.2, -0.15) is 0 Å². The molecule has 13 heavy (non-hydrogen) atoms. The van der Waals surface area contributed by atoms with Crippen molar-refractivity contribution >= 4 is 0 Å². The number of nitrogens with one attached hydrogen (secondary N) is 1. The first-order valence-electron chi connectivity index (χ1n) is 4.93. The van der Waals surface area contributed by atoms with Crippen LogP contribution in [0.15, 0.2) is 0 Å². The molecule has 1 aliphatic heterocycles. The molecule has 4 heteroatoms. The fourth-order valence-electron chi connectivity index (χ4n) is 1.79. The first-order chi connectivity index (χ1) is 6.20. The summed E-state index contributed by atoms with van der Waals surface area (Å²) in [7, 11) is 0. The minimum atomic E-state index is -0.827. The molecule has 1 rings (SSSR count). The summed E-state index contributed by atoms with van der Waals surface area (Å²) in [5.74, 6) is 0. The Labute approximate surface area is 78.6 Å². The maximum absolute atomic E-state index is 9.56. The van der Waals surface area contributed by atoms with Gasteiger partial charge in [0.2, 0.25) is 0 Å². The number of aliphatic hydroxyl groups is 3. The van der Waals surface area contributed by atoms with Crippen molar-refractivity contribution in [2.24, 2.45) is 0 Å². The fraction of sp³-hybridized carbons (Fsp3) is 1.00. The average molecular weight is 189 g/mol. The summed E-state index contributed by atoms with van der Waals surface area (Å²) in [4.78, 5) is 0. The van der Waals surface area contributed by atoms with Gasteiger partial charge in [0.25, 0.3) is 0 Å². The predicted molar refractivity (Wildman–Crippen MR) is 49.3 cm³/mol. The molecule has 78 valence electrons. The standard InChI is InChI=1S/C9H19NO3/c1-2-3-4-6-8(12)9(13)7(5-11)10-6/h6-13H,2-5H2,1H3/t6-,7-,8-,9-/m1/s1. The van der Waals surface area contributed by atoms with E-state index < -0.39 is 12.2 Å². The lowest BCUT2D eigenvalue weighted by Gasteiger charge is -2.14. The monoisotopic (exact) mass is 189 g/mol. The van der Waals surface area contributed by atoms with Crippen molar-refractivity contribution in [3.05, 3.63) is 0 Å². The van der Waals surface area contributed by atoms with Crippen LogP contribution in [-0.2, 0) is 0 Å². The average Bonchev–Trinajstić information content (AvgIpc) is 2.41. The summed E-state index contributed by atoms with van der Waals surface area (Å²) in [5, 5.41) is 30.9. The third-order valence-electron chi connectivity index (χ3n) is 2.67. The quantitative estimate of drug-likeness (QED) is 0.468. The highest BCUT2D eigenvalue weighted by molar-refractivity contribution is 4.97. The van der Waals surface area contributed by atoms with Crippen LogP contribution in [0.25, 0.3) is 0 Å². The van der Waals surface area contributed by atoms with Crippen molar-refractivity contribution in [3.63, 3.8) is 0 Å². The van der Waals surface area contributed by atoms with Crippen LogP contribution in [0.5, 0.6) is 0 Å². The SMILES string of the molecule is CCCC[C@H]1N[C@H](CO)[C@@H](O)[C@@H]1O. The summed E-state index contributed by atoms with van der Waals surface area (Å²) < 4.78 is 0. The molecular weight excluding hydrogens is 170 g/mol. The summed E-state index contributed by atoms with van der Waals surface area (Å²) in [6.07, 6.45) is 1.39. The van der Waals surface area contributed by atoms with E-state index in [0.29, 0.717) is 0 Å². The van der Waals surface area contributed by atoms with E-state index in [0.717, 1.165) is 19.3 Å². The molecule has 1 fully saturated rings. The number of rotatable bonds is 4. The van der Waals surface area contributed by atoms with E-state index in [-0.39, 0.29) is 18.7 Å². The zero-order chi connectivity index (χ0) is 9.84. The normalized spacial score (nSPS) is 39.7.